The van der Waals surface area contributed by atoms with Crippen LogP contribution in [0.3, 0.4) is 0 Å². The average molecular weight is 458 g/mol. The first kappa shape index (κ1) is 19.8. The van der Waals surface area contributed by atoms with Gasteiger partial charge < -0.3 is 10.5 Å². The Bertz CT molecular complexity index is 1220. The first-order valence-corrected chi connectivity index (χ1v) is 11.7. The van der Waals surface area contributed by atoms with Gasteiger partial charge in [0.2, 0.25) is 0 Å². The Morgan fingerprint density at radius 1 is 1.13 bits per heavy atom. The van der Waals surface area contributed by atoms with Crippen molar-refractivity contribution < 1.29 is 4.79 Å². The van der Waals surface area contributed by atoms with E-state index in [0.29, 0.717) is 5.82 Å². The number of halogens is 1. The summed E-state index contributed by atoms with van der Waals surface area (Å²) < 4.78 is 2.12. The average Bonchev–Trinajstić information content (AvgIpc) is 3.32. The van der Waals surface area contributed by atoms with Crippen LogP contribution in [0.5, 0.6) is 0 Å². The molecule has 9 heteroatoms. The van der Waals surface area contributed by atoms with Gasteiger partial charge in [0.05, 0.1) is 16.3 Å². The zero-order valence-corrected chi connectivity index (χ0v) is 18.5. The molecule has 5 rings (SSSR count). The molecule has 0 amide bonds. The lowest BCUT2D eigenvalue weighted by Crippen LogP contribution is -2.52. The van der Waals surface area contributed by atoms with Crippen molar-refractivity contribution >= 4 is 66.7 Å². The standard InChI is InChI=1S/C21H20ClN5OS2/c22-14-2-1-13-5-16(29-19(13)6-14)9-26-3-4-27(15(8-26)11-28)10-17-7-18-20(30-17)21(23)25-12-24-18/h1-2,5-7,11-12,15H,3-4,8-10H2,(H2,23,24,25). The van der Waals surface area contributed by atoms with Crippen LogP contribution < -0.4 is 5.73 Å². The molecular formula is C21H20ClN5OS2. The molecule has 6 nitrogen and oxygen atoms in total. The Morgan fingerprint density at radius 2 is 2.00 bits per heavy atom. The van der Waals surface area contributed by atoms with Gasteiger partial charge in [-0.3, -0.25) is 9.80 Å². The first-order valence-electron chi connectivity index (χ1n) is 9.67. The molecule has 0 saturated carbocycles. The molecule has 0 aliphatic carbocycles. The first-order chi connectivity index (χ1) is 14.6. The molecule has 1 aliphatic rings. The lowest BCUT2D eigenvalue weighted by Gasteiger charge is -2.38. The van der Waals surface area contributed by atoms with Crippen molar-refractivity contribution in [3.63, 3.8) is 0 Å². The second kappa shape index (κ2) is 8.20. The minimum Gasteiger partial charge on any atom is -0.382 e. The summed E-state index contributed by atoms with van der Waals surface area (Å²) >= 11 is 9.49. The Kier molecular flexibility index (Phi) is 5.43. The Morgan fingerprint density at radius 3 is 2.83 bits per heavy atom. The van der Waals surface area contributed by atoms with Gasteiger partial charge in [0.25, 0.3) is 0 Å². The number of carbonyl (C=O) groups is 1. The van der Waals surface area contributed by atoms with Gasteiger partial charge in [0.1, 0.15) is 18.4 Å². The van der Waals surface area contributed by atoms with Crippen LogP contribution >= 0.6 is 34.3 Å². The van der Waals surface area contributed by atoms with E-state index >= 15 is 0 Å². The maximum atomic E-state index is 11.8. The number of aromatic nitrogens is 2. The third-order valence-electron chi connectivity index (χ3n) is 5.44. The lowest BCUT2D eigenvalue weighted by atomic mass is 10.1. The molecule has 0 spiro atoms. The van der Waals surface area contributed by atoms with E-state index in [4.69, 9.17) is 17.3 Å². The fourth-order valence-corrected chi connectivity index (χ4v) is 6.35. The Labute approximate surface area is 186 Å². The van der Waals surface area contributed by atoms with Crippen LogP contribution in [0.1, 0.15) is 9.75 Å². The van der Waals surface area contributed by atoms with Crippen molar-refractivity contribution in [3.05, 3.63) is 51.4 Å². The van der Waals surface area contributed by atoms with E-state index in [1.165, 1.54) is 21.3 Å². The predicted octanol–water partition coefficient (Wildman–Crippen LogP) is 4.03. The highest BCUT2D eigenvalue weighted by molar-refractivity contribution is 7.19. The van der Waals surface area contributed by atoms with Gasteiger partial charge >= 0.3 is 0 Å². The highest BCUT2D eigenvalue weighted by atomic mass is 35.5. The molecule has 0 bridgehead atoms. The zero-order chi connectivity index (χ0) is 20.7. The highest BCUT2D eigenvalue weighted by Crippen LogP contribution is 2.31. The molecule has 2 N–H and O–H groups in total. The van der Waals surface area contributed by atoms with E-state index in [-0.39, 0.29) is 6.04 Å². The van der Waals surface area contributed by atoms with Crippen LogP contribution in [0.25, 0.3) is 20.3 Å². The summed E-state index contributed by atoms with van der Waals surface area (Å²) in [5.74, 6) is 0.512. The fraction of sp³-hybridized carbons (Fsp3) is 0.286. The van der Waals surface area contributed by atoms with Crippen molar-refractivity contribution in [2.45, 2.75) is 19.1 Å². The topological polar surface area (TPSA) is 75.3 Å². The molecule has 4 aromatic rings. The second-order valence-electron chi connectivity index (χ2n) is 7.49. The minimum atomic E-state index is -0.129. The minimum absolute atomic E-state index is 0.129. The molecule has 1 atom stereocenters. The van der Waals surface area contributed by atoms with E-state index in [1.807, 2.05) is 12.1 Å². The second-order valence-corrected chi connectivity index (χ2v) is 10.2. The maximum Gasteiger partial charge on any atom is 0.144 e. The van der Waals surface area contributed by atoms with Gasteiger partial charge in [-0.25, -0.2) is 9.97 Å². The van der Waals surface area contributed by atoms with E-state index in [1.54, 1.807) is 22.7 Å². The number of nitrogens with zero attached hydrogens (tertiary/aromatic N) is 4. The number of nitrogens with two attached hydrogens (primary N) is 1. The van der Waals surface area contributed by atoms with Crippen LogP contribution in [0.4, 0.5) is 5.82 Å². The number of rotatable bonds is 5. The number of aldehydes is 1. The van der Waals surface area contributed by atoms with E-state index in [0.717, 1.165) is 59.1 Å². The smallest absolute Gasteiger partial charge is 0.144 e. The monoisotopic (exact) mass is 457 g/mol. The number of fused-ring (bicyclic) bond motifs is 2. The highest BCUT2D eigenvalue weighted by Gasteiger charge is 2.27. The van der Waals surface area contributed by atoms with E-state index < -0.39 is 0 Å². The van der Waals surface area contributed by atoms with Crippen molar-refractivity contribution in [2.75, 3.05) is 25.4 Å². The van der Waals surface area contributed by atoms with Crippen LogP contribution in [0.15, 0.2) is 36.7 Å². The number of anilines is 1. The van der Waals surface area contributed by atoms with Crippen molar-refractivity contribution in [2.24, 2.45) is 0 Å². The number of thiophene rings is 2. The SMILES string of the molecule is Nc1ncnc2cc(CN3CCN(Cc4cc5ccc(Cl)cc5s4)CC3C=O)sc12. The molecule has 0 radical (unpaired) electrons. The van der Waals surface area contributed by atoms with Gasteiger partial charge in [-0.05, 0) is 29.7 Å². The zero-order valence-electron chi connectivity index (χ0n) is 16.1. The van der Waals surface area contributed by atoms with Crippen molar-refractivity contribution in [3.8, 4) is 0 Å². The summed E-state index contributed by atoms with van der Waals surface area (Å²) in [6.45, 7) is 4.07. The molecule has 3 aromatic heterocycles. The molecule has 1 saturated heterocycles. The summed E-state index contributed by atoms with van der Waals surface area (Å²) in [6, 6.07) is 10.1. The number of benzene rings is 1. The summed E-state index contributed by atoms with van der Waals surface area (Å²) in [5.41, 5.74) is 6.83. The van der Waals surface area contributed by atoms with Gasteiger partial charge in [-0.15, -0.1) is 22.7 Å². The lowest BCUT2D eigenvalue weighted by molar-refractivity contribution is -0.115. The summed E-state index contributed by atoms with van der Waals surface area (Å²) in [5, 5.41) is 1.98. The Balaban J connectivity index is 1.27. The van der Waals surface area contributed by atoms with Gasteiger partial charge in [-0.1, -0.05) is 17.7 Å². The summed E-state index contributed by atoms with van der Waals surface area (Å²) in [4.78, 5) is 27.2. The van der Waals surface area contributed by atoms with Crippen molar-refractivity contribution in [1.82, 2.24) is 19.8 Å². The molecule has 1 fully saturated rings. The number of carbonyl (C=O) groups excluding carboxylic acids is 1. The van der Waals surface area contributed by atoms with E-state index in [2.05, 4.69) is 38.0 Å². The molecule has 1 aliphatic heterocycles. The van der Waals surface area contributed by atoms with Crippen molar-refractivity contribution in [1.29, 1.82) is 0 Å². The van der Waals surface area contributed by atoms with Gasteiger partial charge in [-0.2, -0.15) is 0 Å². The summed E-state index contributed by atoms with van der Waals surface area (Å²) in [7, 11) is 0. The molecule has 154 valence electrons. The van der Waals surface area contributed by atoms with Crippen LogP contribution in [-0.4, -0.2) is 51.7 Å². The molecule has 4 heterocycles. The maximum absolute atomic E-state index is 11.8. The third-order valence-corrected chi connectivity index (χ3v) is 7.89. The molecule has 1 aromatic carbocycles. The van der Waals surface area contributed by atoms with Gasteiger partial charge in [0.15, 0.2) is 0 Å². The molecular weight excluding hydrogens is 438 g/mol. The summed E-state index contributed by atoms with van der Waals surface area (Å²) in [6.07, 6.45) is 2.56. The van der Waals surface area contributed by atoms with Crippen LogP contribution in [-0.2, 0) is 17.9 Å². The number of nitrogen functional groups attached to an aromatic ring is 1. The number of piperazine rings is 1. The van der Waals surface area contributed by atoms with E-state index in [9.17, 15) is 4.79 Å². The largest absolute Gasteiger partial charge is 0.382 e. The van der Waals surface area contributed by atoms with Crippen LogP contribution in [0, 0.1) is 0 Å². The fourth-order valence-electron chi connectivity index (χ4n) is 3.93. The predicted molar refractivity (Wildman–Crippen MR) is 124 cm³/mol. The van der Waals surface area contributed by atoms with Crippen LogP contribution in [0.2, 0.25) is 5.02 Å². The quantitative estimate of drug-likeness (QED) is 0.456. The molecule has 1 unspecified atom stereocenters. The normalized spacial score (nSPS) is 18.4. The number of hydrogen-bond acceptors (Lipinski definition) is 8. The Hall–Kier alpha value is -2.10. The third kappa shape index (κ3) is 3.93. The number of hydrogen-bond donors (Lipinski definition) is 1. The molecule has 30 heavy (non-hydrogen) atoms. The van der Waals surface area contributed by atoms with Gasteiger partial charge in [0, 0.05) is 52.2 Å².